The summed E-state index contributed by atoms with van der Waals surface area (Å²) in [6, 6.07) is 10.5. The number of carbonyl (C=O) groups is 1. The maximum Gasteiger partial charge on any atom is 0.228 e. The van der Waals surface area contributed by atoms with E-state index in [2.05, 4.69) is 28.2 Å². The van der Waals surface area contributed by atoms with Gasteiger partial charge in [0, 0.05) is 18.3 Å². The molecule has 0 spiro atoms. The van der Waals surface area contributed by atoms with Gasteiger partial charge >= 0.3 is 0 Å². The zero-order chi connectivity index (χ0) is 20.4. The first kappa shape index (κ1) is 20.1. The van der Waals surface area contributed by atoms with Crippen LogP contribution < -0.4 is 5.32 Å². The largest absolute Gasteiger partial charge is 0.465 e. The summed E-state index contributed by atoms with van der Waals surface area (Å²) in [7, 11) is 2.13. The van der Waals surface area contributed by atoms with Crippen LogP contribution in [0.4, 0.5) is 10.1 Å². The molecule has 2 atom stereocenters. The fraction of sp³-hybridized carbons (Fsp3) is 0.522. The molecule has 2 saturated heterocycles. The van der Waals surface area contributed by atoms with Crippen LogP contribution in [0.1, 0.15) is 30.8 Å². The van der Waals surface area contributed by atoms with Crippen molar-refractivity contribution in [2.24, 2.45) is 11.8 Å². The molecule has 0 radical (unpaired) electrons. The molecule has 29 heavy (non-hydrogen) atoms. The minimum atomic E-state index is -0.294. The van der Waals surface area contributed by atoms with E-state index in [1.54, 1.807) is 12.1 Å². The van der Waals surface area contributed by atoms with E-state index in [-0.39, 0.29) is 17.6 Å². The molecule has 0 aliphatic carbocycles. The molecule has 5 nitrogen and oxygen atoms in total. The van der Waals surface area contributed by atoms with E-state index in [0.717, 1.165) is 57.0 Å². The maximum absolute atomic E-state index is 13.1. The molecule has 1 aromatic carbocycles. The van der Waals surface area contributed by atoms with E-state index < -0.39 is 0 Å². The Bertz CT molecular complexity index is 827. The van der Waals surface area contributed by atoms with E-state index in [1.165, 1.54) is 12.1 Å². The van der Waals surface area contributed by atoms with Gasteiger partial charge in [-0.3, -0.25) is 9.69 Å². The van der Waals surface area contributed by atoms with Crippen LogP contribution in [0.3, 0.4) is 0 Å². The molecule has 2 aromatic rings. The van der Waals surface area contributed by atoms with Crippen molar-refractivity contribution in [3.8, 4) is 0 Å². The number of amides is 1. The average molecular weight is 400 g/mol. The average Bonchev–Trinajstić information content (AvgIpc) is 3.30. The van der Waals surface area contributed by atoms with Crippen LogP contribution in [0.5, 0.6) is 0 Å². The molecular weight excluding hydrogens is 369 g/mol. The number of hydrogen-bond acceptors (Lipinski definition) is 4. The lowest BCUT2D eigenvalue weighted by Gasteiger charge is -2.36. The second-order valence-electron chi connectivity index (χ2n) is 8.56. The molecule has 2 aliphatic heterocycles. The predicted molar refractivity (Wildman–Crippen MR) is 111 cm³/mol. The third-order valence-corrected chi connectivity index (χ3v) is 6.43. The number of halogens is 1. The summed E-state index contributed by atoms with van der Waals surface area (Å²) in [5, 5.41) is 2.94. The van der Waals surface area contributed by atoms with Gasteiger partial charge in [-0.25, -0.2) is 4.39 Å². The number of carbonyl (C=O) groups excluding carboxylic acids is 1. The van der Waals surface area contributed by atoms with Crippen LogP contribution in [0.15, 0.2) is 40.8 Å². The van der Waals surface area contributed by atoms with E-state index in [9.17, 15) is 9.18 Å². The molecular formula is C23H30FN3O2. The highest BCUT2D eigenvalue weighted by Crippen LogP contribution is 2.33. The fourth-order valence-corrected chi connectivity index (χ4v) is 4.84. The number of anilines is 1. The monoisotopic (exact) mass is 399 g/mol. The van der Waals surface area contributed by atoms with E-state index >= 15 is 0 Å². The van der Waals surface area contributed by atoms with Gasteiger partial charge in [-0.1, -0.05) is 0 Å². The summed E-state index contributed by atoms with van der Waals surface area (Å²) in [4.78, 5) is 17.5. The van der Waals surface area contributed by atoms with Crippen molar-refractivity contribution in [1.82, 2.24) is 9.80 Å². The highest BCUT2D eigenvalue weighted by Gasteiger charge is 2.39. The first-order valence-corrected chi connectivity index (χ1v) is 10.5. The molecule has 4 rings (SSSR count). The van der Waals surface area contributed by atoms with Gasteiger partial charge in [0.2, 0.25) is 5.91 Å². The second-order valence-corrected chi connectivity index (χ2v) is 8.56. The lowest BCUT2D eigenvalue weighted by Crippen LogP contribution is -2.41. The Balaban J connectivity index is 1.27. The highest BCUT2D eigenvalue weighted by atomic mass is 19.1. The predicted octanol–water partition coefficient (Wildman–Crippen LogP) is 3.90. The molecule has 0 saturated carbocycles. The Labute approximate surface area is 171 Å². The van der Waals surface area contributed by atoms with Gasteiger partial charge < -0.3 is 14.6 Å². The summed E-state index contributed by atoms with van der Waals surface area (Å²) in [5.41, 5.74) is 0.656. The molecule has 3 heterocycles. The number of furan rings is 1. The lowest BCUT2D eigenvalue weighted by atomic mass is 9.86. The van der Waals surface area contributed by atoms with Gasteiger partial charge in [0.25, 0.3) is 0 Å². The van der Waals surface area contributed by atoms with Crippen LogP contribution in [0, 0.1) is 24.6 Å². The Morgan fingerprint density at radius 2 is 1.90 bits per heavy atom. The van der Waals surface area contributed by atoms with Gasteiger partial charge in [-0.05, 0) is 88.6 Å². The van der Waals surface area contributed by atoms with Crippen LogP contribution in [0.2, 0.25) is 0 Å². The lowest BCUT2D eigenvalue weighted by molar-refractivity contribution is -0.119. The Morgan fingerprint density at radius 1 is 1.17 bits per heavy atom. The van der Waals surface area contributed by atoms with Crippen LogP contribution in [0.25, 0.3) is 0 Å². The van der Waals surface area contributed by atoms with Gasteiger partial charge in [0.15, 0.2) is 0 Å². The van der Waals surface area contributed by atoms with Crippen LogP contribution in [-0.4, -0.2) is 48.4 Å². The summed E-state index contributed by atoms with van der Waals surface area (Å²) < 4.78 is 18.8. The van der Waals surface area contributed by atoms with Gasteiger partial charge in [-0.15, -0.1) is 0 Å². The van der Waals surface area contributed by atoms with Crippen LogP contribution in [-0.2, 0) is 11.3 Å². The summed E-state index contributed by atoms with van der Waals surface area (Å²) in [5.74, 6) is 2.36. The Morgan fingerprint density at radius 3 is 2.55 bits per heavy atom. The van der Waals surface area contributed by atoms with Crippen molar-refractivity contribution in [3.05, 3.63) is 53.7 Å². The molecule has 0 bridgehead atoms. The quantitative estimate of drug-likeness (QED) is 0.829. The topological polar surface area (TPSA) is 48.7 Å². The van der Waals surface area contributed by atoms with Gasteiger partial charge in [0.05, 0.1) is 12.5 Å². The number of piperidine rings is 1. The summed E-state index contributed by atoms with van der Waals surface area (Å²) in [6.45, 7) is 5.78. The molecule has 1 N–H and O–H groups in total. The number of aryl methyl sites for hydroxylation is 1. The number of rotatable bonds is 5. The summed E-state index contributed by atoms with van der Waals surface area (Å²) >= 11 is 0. The Kier molecular flexibility index (Phi) is 6.01. The van der Waals surface area contributed by atoms with Crippen molar-refractivity contribution in [1.29, 1.82) is 0 Å². The van der Waals surface area contributed by atoms with Crippen LogP contribution >= 0.6 is 0 Å². The SMILES string of the molecule is Cc1ccc(CN2CCC(C3CC(C(=O)Nc4ccc(F)cc4)CN3C)CC2)o1. The zero-order valence-electron chi connectivity index (χ0n) is 17.2. The first-order valence-electron chi connectivity index (χ1n) is 10.5. The molecule has 2 fully saturated rings. The Hall–Kier alpha value is -2.18. The molecule has 2 aliphatic rings. The van der Waals surface area contributed by atoms with Crippen molar-refractivity contribution < 1.29 is 13.6 Å². The number of hydrogen-bond donors (Lipinski definition) is 1. The number of nitrogens with zero attached hydrogens (tertiary/aromatic N) is 2. The zero-order valence-corrected chi connectivity index (χ0v) is 17.2. The maximum atomic E-state index is 13.1. The van der Waals surface area contributed by atoms with Crippen molar-refractivity contribution in [2.45, 2.75) is 38.8 Å². The van der Waals surface area contributed by atoms with Crippen molar-refractivity contribution >= 4 is 11.6 Å². The number of nitrogens with one attached hydrogen (secondary N) is 1. The highest BCUT2D eigenvalue weighted by molar-refractivity contribution is 5.92. The van der Waals surface area contributed by atoms with E-state index in [0.29, 0.717) is 17.6 Å². The minimum absolute atomic E-state index is 0.0147. The van der Waals surface area contributed by atoms with Crippen molar-refractivity contribution in [2.75, 3.05) is 32.0 Å². The first-order chi connectivity index (χ1) is 14.0. The number of benzene rings is 1. The minimum Gasteiger partial charge on any atom is -0.465 e. The van der Waals surface area contributed by atoms with Gasteiger partial charge in [-0.2, -0.15) is 0 Å². The standard InChI is InChI=1S/C23H30FN3O2/c1-16-3-8-21(29-16)15-27-11-9-17(10-12-27)22-13-18(14-26(22)2)23(28)25-20-6-4-19(24)5-7-20/h3-8,17-18,22H,9-15H2,1-2H3,(H,25,28). The van der Waals surface area contributed by atoms with Gasteiger partial charge in [0.1, 0.15) is 17.3 Å². The van der Waals surface area contributed by atoms with E-state index in [4.69, 9.17) is 4.42 Å². The smallest absolute Gasteiger partial charge is 0.228 e. The summed E-state index contributed by atoms with van der Waals surface area (Å²) in [6.07, 6.45) is 3.20. The molecule has 1 amide bonds. The fourth-order valence-electron chi connectivity index (χ4n) is 4.84. The van der Waals surface area contributed by atoms with E-state index in [1.807, 2.05) is 13.0 Å². The molecule has 156 valence electrons. The third-order valence-electron chi connectivity index (χ3n) is 6.43. The normalized spacial score (nSPS) is 24.1. The third kappa shape index (κ3) is 4.87. The van der Waals surface area contributed by atoms with Crippen molar-refractivity contribution in [3.63, 3.8) is 0 Å². The molecule has 2 unspecified atom stereocenters. The number of likely N-dealkylation sites (tertiary alicyclic amines) is 2. The molecule has 1 aromatic heterocycles. The second kappa shape index (κ2) is 8.67. The molecule has 6 heteroatoms.